The summed E-state index contributed by atoms with van der Waals surface area (Å²) >= 11 is 0. The summed E-state index contributed by atoms with van der Waals surface area (Å²) in [4.78, 5) is 17.1. The number of esters is 1. The molecular formula is C27H34Cl2N2O3. The molecule has 0 amide bonds. The minimum Gasteiger partial charge on any atom is -0.488 e. The second-order valence-corrected chi connectivity index (χ2v) is 8.42. The highest BCUT2D eigenvalue weighted by atomic mass is 35.5. The van der Waals surface area contributed by atoms with Gasteiger partial charge in [0.15, 0.2) is 0 Å². The van der Waals surface area contributed by atoms with E-state index in [2.05, 4.69) is 45.0 Å². The number of methoxy groups -OCH3 is 1. The van der Waals surface area contributed by atoms with Crippen LogP contribution < -0.4 is 10.5 Å². The Balaban J connectivity index is 0.00000289. The molecule has 7 heteroatoms. The van der Waals surface area contributed by atoms with E-state index in [0.717, 1.165) is 40.1 Å². The molecule has 0 saturated carbocycles. The Morgan fingerprint density at radius 3 is 2.24 bits per heavy atom. The molecule has 5 nitrogen and oxygen atoms in total. The smallest absolute Gasteiger partial charge is 0.341 e. The maximum Gasteiger partial charge on any atom is 0.341 e. The van der Waals surface area contributed by atoms with Gasteiger partial charge in [0.2, 0.25) is 0 Å². The van der Waals surface area contributed by atoms with Gasteiger partial charge in [0, 0.05) is 23.5 Å². The first-order valence-electron chi connectivity index (χ1n) is 10.9. The molecule has 0 aliphatic heterocycles. The molecule has 0 unspecified atom stereocenters. The second-order valence-electron chi connectivity index (χ2n) is 8.42. The third-order valence-corrected chi connectivity index (χ3v) is 5.50. The van der Waals surface area contributed by atoms with Crippen LogP contribution in [0.4, 0.5) is 0 Å². The molecular weight excluding hydrogens is 471 g/mol. The van der Waals surface area contributed by atoms with Gasteiger partial charge >= 0.3 is 5.97 Å². The Morgan fingerprint density at radius 1 is 1.00 bits per heavy atom. The van der Waals surface area contributed by atoms with Crippen LogP contribution >= 0.6 is 24.8 Å². The lowest BCUT2D eigenvalue weighted by Gasteiger charge is -2.21. The third kappa shape index (κ3) is 6.72. The van der Waals surface area contributed by atoms with Gasteiger partial charge in [-0.3, -0.25) is 4.98 Å². The summed E-state index contributed by atoms with van der Waals surface area (Å²) < 4.78 is 11.0. The van der Waals surface area contributed by atoms with E-state index in [1.165, 1.54) is 12.7 Å². The van der Waals surface area contributed by atoms with Gasteiger partial charge in [0.1, 0.15) is 17.9 Å². The van der Waals surface area contributed by atoms with Crippen molar-refractivity contribution in [3.05, 3.63) is 82.2 Å². The van der Waals surface area contributed by atoms with Gasteiger partial charge in [-0.05, 0) is 55.0 Å². The van der Waals surface area contributed by atoms with E-state index in [9.17, 15) is 4.79 Å². The maximum atomic E-state index is 12.1. The summed E-state index contributed by atoms with van der Waals surface area (Å²) in [7, 11) is 1.36. The van der Waals surface area contributed by atoms with Crippen LogP contribution in [0.5, 0.6) is 5.75 Å². The Hall–Kier alpha value is -2.60. The van der Waals surface area contributed by atoms with Crippen molar-refractivity contribution in [1.82, 2.24) is 4.98 Å². The Kier molecular flexibility index (Phi) is 11.5. The lowest BCUT2D eigenvalue weighted by atomic mass is 9.90. The van der Waals surface area contributed by atoms with Crippen molar-refractivity contribution in [2.75, 3.05) is 7.11 Å². The van der Waals surface area contributed by atoms with Gasteiger partial charge in [0.25, 0.3) is 0 Å². The highest BCUT2D eigenvalue weighted by Crippen LogP contribution is 2.33. The molecule has 1 heterocycles. The van der Waals surface area contributed by atoms with Crippen LogP contribution in [0.25, 0.3) is 11.1 Å². The molecule has 3 rings (SSSR count). The number of hydrogen-bond donors (Lipinski definition) is 1. The highest BCUT2D eigenvalue weighted by molar-refractivity contribution is 5.92. The topological polar surface area (TPSA) is 74.4 Å². The predicted molar refractivity (Wildman–Crippen MR) is 142 cm³/mol. The van der Waals surface area contributed by atoms with Crippen molar-refractivity contribution in [3.8, 4) is 16.9 Å². The third-order valence-electron chi connectivity index (χ3n) is 5.50. The fourth-order valence-corrected chi connectivity index (χ4v) is 3.89. The van der Waals surface area contributed by atoms with Crippen LogP contribution in [0.1, 0.15) is 52.3 Å². The van der Waals surface area contributed by atoms with Crippen molar-refractivity contribution in [2.24, 2.45) is 11.7 Å². The van der Waals surface area contributed by atoms with Crippen molar-refractivity contribution >= 4 is 30.8 Å². The molecule has 0 aliphatic carbocycles. The molecule has 0 atom stereocenters. The number of pyridine rings is 1. The second kappa shape index (κ2) is 13.3. The van der Waals surface area contributed by atoms with Crippen LogP contribution in [0, 0.1) is 19.8 Å². The molecule has 0 aliphatic rings. The predicted octanol–water partition coefficient (Wildman–Crippen LogP) is 6.23. The van der Waals surface area contributed by atoms with Crippen LogP contribution in [0.15, 0.2) is 48.5 Å². The summed E-state index contributed by atoms with van der Waals surface area (Å²) in [5, 5.41) is 0. The minimum atomic E-state index is -0.427. The van der Waals surface area contributed by atoms with E-state index >= 15 is 0 Å². The van der Waals surface area contributed by atoms with Crippen molar-refractivity contribution in [1.29, 1.82) is 0 Å². The number of carbonyl (C=O) groups excluding carboxylic acids is 1. The van der Waals surface area contributed by atoms with Gasteiger partial charge in [-0.25, -0.2) is 4.79 Å². The summed E-state index contributed by atoms with van der Waals surface area (Å²) in [5.41, 5.74) is 14.0. The molecule has 0 bridgehead atoms. The molecule has 184 valence electrons. The molecule has 2 N–H and O–H groups in total. The first-order chi connectivity index (χ1) is 15.3. The van der Waals surface area contributed by atoms with Crippen LogP contribution in [0.2, 0.25) is 0 Å². The van der Waals surface area contributed by atoms with Gasteiger partial charge in [-0.15, -0.1) is 24.8 Å². The minimum absolute atomic E-state index is 0. The average Bonchev–Trinajstić information content (AvgIpc) is 2.78. The lowest BCUT2D eigenvalue weighted by Crippen LogP contribution is -2.14. The highest BCUT2D eigenvalue weighted by Gasteiger charge is 2.20. The molecule has 0 fully saturated rings. The molecule has 0 saturated heterocycles. The van der Waals surface area contributed by atoms with Gasteiger partial charge in [-0.2, -0.15) is 0 Å². The first kappa shape index (κ1) is 29.4. The van der Waals surface area contributed by atoms with E-state index in [0.29, 0.717) is 23.8 Å². The fraction of sp³-hybridized carbons (Fsp3) is 0.333. The number of nitrogens with two attached hydrogens (primary N) is 1. The van der Waals surface area contributed by atoms with Crippen molar-refractivity contribution < 1.29 is 14.3 Å². The summed E-state index contributed by atoms with van der Waals surface area (Å²) in [6.45, 7) is 9.11. The summed E-state index contributed by atoms with van der Waals surface area (Å²) in [6, 6.07) is 15.5. The lowest BCUT2D eigenvalue weighted by molar-refractivity contribution is 0.0595. The Bertz CT molecular complexity index is 1100. The monoisotopic (exact) mass is 504 g/mol. The van der Waals surface area contributed by atoms with Gasteiger partial charge in [0.05, 0.1) is 7.11 Å². The molecule has 3 aromatic rings. The van der Waals surface area contributed by atoms with E-state index in [4.69, 9.17) is 20.2 Å². The van der Waals surface area contributed by atoms with Crippen molar-refractivity contribution in [2.45, 2.75) is 47.3 Å². The Labute approximate surface area is 214 Å². The molecule has 1 aromatic heterocycles. The van der Waals surface area contributed by atoms with E-state index in [1.807, 2.05) is 13.0 Å². The standard InChI is InChI=1S/C27H32N2O3.2ClH/c1-17(2)14-24-22(15-28)26(20-12-10-18(3)11-13-20)23(19(4)29-24)16-32-25-9-7-6-8-21(25)27(30)31-5;;/h6-13,17H,14-16,28H2,1-5H3;2*1H. The maximum absolute atomic E-state index is 12.1. The number of para-hydroxylation sites is 1. The van der Waals surface area contributed by atoms with Crippen LogP contribution in [-0.2, 0) is 24.3 Å². The Morgan fingerprint density at radius 2 is 1.65 bits per heavy atom. The number of ether oxygens (including phenoxy) is 2. The average molecular weight is 505 g/mol. The number of rotatable bonds is 8. The largest absolute Gasteiger partial charge is 0.488 e. The molecule has 34 heavy (non-hydrogen) atoms. The molecule has 2 aromatic carbocycles. The van der Waals surface area contributed by atoms with Crippen molar-refractivity contribution in [3.63, 3.8) is 0 Å². The fourth-order valence-electron chi connectivity index (χ4n) is 3.89. The number of benzene rings is 2. The number of carbonyl (C=O) groups is 1. The number of nitrogens with zero attached hydrogens (tertiary/aromatic N) is 1. The molecule has 0 spiro atoms. The first-order valence-corrected chi connectivity index (χ1v) is 10.9. The number of aryl methyl sites for hydroxylation is 2. The number of aromatic nitrogens is 1. The van der Waals surface area contributed by atoms with Gasteiger partial charge in [-0.1, -0.05) is 55.8 Å². The summed E-state index contributed by atoms with van der Waals surface area (Å²) in [5.74, 6) is 0.519. The van der Waals surface area contributed by atoms with Crippen LogP contribution in [0.3, 0.4) is 0 Å². The summed E-state index contributed by atoms with van der Waals surface area (Å²) in [6.07, 6.45) is 0.860. The van der Waals surface area contributed by atoms with Crippen LogP contribution in [-0.4, -0.2) is 18.1 Å². The van der Waals surface area contributed by atoms with E-state index in [-0.39, 0.29) is 31.4 Å². The van der Waals surface area contributed by atoms with Gasteiger partial charge < -0.3 is 15.2 Å². The van der Waals surface area contributed by atoms with E-state index < -0.39 is 5.97 Å². The zero-order valence-corrected chi connectivity index (χ0v) is 22.0. The SMILES string of the molecule is COC(=O)c1ccccc1OCc1c(C)nc(CC(C)C)c(CN)c1-c1ccc(C)cc1.Cl.Cl. The normalized spacial score (nSPS) is 10.3. The number of hydrogen-bond acceptors (Lipinski definition) is 5. The quantitative estimate of drug-likeness (QED) is 0.367. The zero-order chi connectivity index (χ0) is 23.3. The molecule has 0 radical (unpaired) electrons. The van der Waals surface area contributed by atoms with E-state index in [1.54, 1.807) is 18.2 Å². The zero-order valence-electron chi connectivity index (χ0n) is 20.4. The number of halogens is 2.